The highest BCUT2D eigenvalue weighted by Gasteiger charge is 2.21. The number of unbranched alkanes of at least 4 members (excludes halogenated alkanes) is 26. The number of likely N-dealkylation sites (N-methyl/N-ethyl adjacent to an activating group) is 1. The van der Waals surface area contributed by atoms with E-state index in [4.69, 9.17) is 18.5 Å². The maximum absolute atomic E-state index is 12.6. The van der Waals surface area contributed by atoms with Crippen molar-refractivity contribution >= 4 is 19.8 Å². The highest BCUT2D eigenvalue weighted by atomic mass is 31.2. The van der Waals surface area contributed by atoms with Crippen LogP contribution in [0.3, 0.4) is 0 Å². The summed E-state index contributed by atoms with van der Waals surface area (Å²) in [5, 5.41) is 0. The van der Waals surface area contributed by atoms with E-state index in [-0.39, 0.29) is 32.0 Å². The van der Waals surface area contributed by atoms with Gasteiger partial charge in [-0.2, -0.15) is 0 Å². The van der Waals surface area contributed by atoms with Crippen LogP contribution in [0, 0.1) is 0 Å². The van der Waals surface area contributed by atoms with E-state index in [0.29, 0.717) is 17.4 Å². The van der Waals surface area contributed by atoms with Crippen molar-refractivity contribution in [1.29, 1.82) is 0 Å². The first-order chi connectivity index (χ1) is 25.0. The Balaban J connectivity index is 4.09. The molecule has 0 aromatic carbocycles. The van der Waals surface area contributed by atoms with Crippen molar-refractivity contribution in [3.63, 3.8) is 0 Å². The predicted octanol–water partition coefficient (Wildman–Crippen LogP) is 11.4. The average Bonchev–Trinajstić information content (AvgIpc) is 3.09. The fourth-order valence-electron chi connectivity index (χ4n) is 6.18. The molecule has 0 amide bonds. The zero-order valence-corrected chi connectivity index (χ0v) is 35.7. The molecule has 0 heterocycles. The van der Waals surface area contributed by atoms with Crippen LogP contribution in [0.25, 0.3) is 0 Å². The van der Waals surface area contributed by atoms with E-state index in [1.165, 1.54) is 135 Å². The zero-order valence-electron chi connectivity index (χ0n) is 34.8. The monoisotopic (exact) mass is 762 g/mol. The lowest BCUT2D eigenvalue weighted by atomic mass is 10.0. The number of quaternary nitrogens is 1. The van der Waals surface area contributed by atoms with Crippen molar-refractivity contribution in [1.82, 2.24) is 0 Å². The molecular weight excluding hydrogens is 677 g/mol. The minimum absolute atomic E-state index is 0.0263. The lowest BCUT2D eigenvalue weighted by Crippen LogP contribution is -2.37. The number of carbonyl (C=O) groups is 2. The molecule has 2 unspecified atom stereocenters. The fourth-order valence-corrected chi connectivity index (χ4v) is 6.91. The molecule has 0 rings (SSSR count). The second-order valence-electron chi connectivity index (χ2n) is 16.1. The van der Waals surface area contributed by atoms with Crippen molar-refractivity contribution in [2.45, 2.75) is 213 Å². The van der Waals surface area contributed by atoms with Gasteiger partial charge in [-0.3, -0.25) is 14.2 Å². The summed E-state index contributed by atoms with van der Waals surface area (Å²) in [5.41, 5.74) is 0. The molecule has 0 bridgehead atoms. The van der Waals surface area contributed by atoms with Crippen molar-refractivity contribution < 1.29 is 42.1 Å². The van der Waals surface area contributed by atoms with Gasteiger partial charge < -0.3 is 27.9 Å². The minimum Gasteiger partial charge on any atom is -0.756 e. The van der Waals surface area contributed by atoms with Crippen LogP contribution in [0.15, 0.2) is 0 Å². The van der Waals surface area contributed by atoms with Gasteiger partial charge in [-0.05, 0) is 12.8 Å². The summed E-state index contributed by atoms with van der Waals surface area (Å²) in [7, 11) is 1.18. The van der Waals surface area contributed by atoms with E-state index >= 15 is 0 Å². The molecule has 310 valence electrons. The number of carbonyl (C=O) groups excluding carboxylic acids is 2. The molecule has 0 fully saturated rings. The Labute approximate surface area is 321 Å². The first kappa shape index (κ1) is 51.0. The number of ether oxygens (including phenoxy) is 2. The molecule has 0 saturated heterocycles. The molecule has 10 heteroatoms. The van der Waals surface area contributed by atoms with E-state index in [9.17, 15) is 19.0 Å². The van der Waals surface area contributed by atoms with Crippen LogP contribution >= 0.6 is 7.82 Å². The van der Waals surface area contributed by atoms with Gasteiger partial charge in [-0.25, -0.2) is 0 Å². The summed E-state index contributed by atoms with van der Waals surface area (Å²) < 4.78 is 33.7. The highest BCUT2D eigenvalue weighted by molar-refractivity contribution is 7.45. The molecule has 0 aliphatic heterocycles. The lowest BCUT2D eigenvalue weighted by Gasteiger charge is -2.28. The van der Waals surface area contributed by atoms with Gasteiger partial charge in [0.2, 0.25) is 0 Å². The summed E-state index contributed by atoms with van der Waals surface area (Å²) in [5.74, 6) is -0.832. The van der Waals surface area contributed by atoms with Crippen LogP contribution in [0.5, 0.6) is 0 Å². The highest BCUT2D eigenvalue weighted by Crippen LogP contribution is 2.38. The zero-order chi connectivity index (χ0) is 38.6. The summed E-state index contributed by atoms with van der Waals surface area (Å²) in [6, 6.07) is 0. The number of nitrogens with zero attached hydrogens (tertiary/aromatic N) is 1. The quantitative estimate of drug-likeness (QED) is 0.0263. The van der Waals surface area contributed by atoms with Gasteiger partial charge in [-0.15, -0.1) is 0 Å². The Morgan fingerprint density at radius 2 is 0.865 bits per heavy atom. The molecule has 2 atom stereocenters. The Bertz CT molecular complexity index is 865. The molecule has 0 saturated carbocycles. The van der Waals surface area contributed by atoms with Crippen LogP contribution in [0.1, 0.15) is 206 Å². The van der Waals surface area contributed by atoms with Crippen molar-refractivity contribution in [2.24, 2.45) is 0 Å². The van der Waals surface area contributed by atoms with Gasteiger partial charge in [0, 0.05) is 12.8 Å². The Morgan fingerprint density at radius 3 is 1.23 bits per heavy atom. The van der Waals surface area contributed by atoms with Gasteiger partial charge in [0.05, 0.1) is 27.7 Å². The molecule has 0 aliphatic rings. The molecular formula is C42H84NO8P. The maximum Gasteiger partial charge on any atom is 0.306 e. The Kier molecular flexibility index (Phi) is 35.0. The summed E-state index contributed by atoms with van der Waals surface area (Å²) >= 11 is 0. The number of esters is 2. The minimum atomic E-state index is -4.61. The number of rotatable bonds is 40. The third kappa shape index (κ3) is 38.7. The molecule has 0 radical (unpaired) electrons. The Morgan fingerprint density at radius 1 is 0.519 bits per heavy atom. The summed E-state index contributed by atoms with van der Waals surface area (Å²) in [6.45, 7) is 4.18. The number of hydrogen-bond donors (Lipinski definition) is 0. The Hall–Kier alpha value is -0.990. The van der Waals surface area contributed by atoms with E-state index in [0.717, 1.165) is 38.5 Å². The molecule has 0 aromatic heterocycles. The van der Waals surface area contributed by atoms with E-state index in [1.807, 2.05) is 21.1 Å². The summed E-state index contributed by atoms with van der Waals surface area (Å²) in [4.78, 5) is 37.2. The fraction of sp³-hybridized carbons (Fsp3) is 0.952. The van der Waals surface area contributed by atoms with Gasteiger partial charge in [0.25, 0.3) is 7.82 Å². The van der Waals surface area contributed by atoms with E-state index < -0.39 is 26.5 Å². The van der Waals surface area contributed by atoms with Crippen molar-refractivity contribution in [3.05, 3.63) is 0 Å². The molecule has 0 aromatic rings. The lowest BCUT2D eigenvalue weighted by molar-refractivity contribution is -0.870. The number of phosphoric acid groups is 1. The number of phosphoric ester groups is 1. The number of hydrogen-bond acceptors (Lipinski definition) is 8. The van der Waals surface area contributed by atoms with Crippen LogP contribution in [0.2, 0.25) is 0 Å². The van der Waals surface area contributed by atoms with Crippen molar-refractivity contribution in [2.75, 3.05) is 47.5 Å². The third-order valence-corrected chi connectivity index (χ3v) is 10.6. The smallest absolute Gasteiger partial charge is 0.306 e. The van der Waals surface area contributed by atoms with Gasteiger partial charge in [0.1, 0.15) is 19.8 Å². The third-order valence-electron chi connectivity index (χ3n) is 9.63. The van der Waals surface area contributed by atoms with Gasteiger partial charge >= 0.3 is 11.9 Å². The topological polar surface area (TPSA) is 111 Å². The normalized spacial score (nSPS) is 13.6. The second kappa shape index (κ2) is 35.7. The molecule has 9 nitrogen and oxygen atoms in total. The van der Waals surface area contributed by atoms with Crippen molar-refractivity contribution in [3.8, 4) is 0 Å². The molecule has 52 heavy (non-hydrogen) atoms. The maximum atomic E-state index is 12.6. The van der Waals surface area contributed by atoms with E-state index in [2.05, 4.69) is 13.8 Å². The van der Waals surface area contributed by atoms with Crippen LogP contribution < -0.4 is 4.89 Å². The first-order valence-corrected chi connectivity index (χ1v) is 23.2. The summed E-state index contributed by atoms with van der Waals surface area (Å²) in [6.07, 6.45) is 34.5. The SMILES string of the molecule is CCCCCCCCCCCCCCCCCCCCCCCCC(=O)OC(COC(=O)CCCCCCCC)COP(=O)([O-])OCC[N+](C)(C)C. The van der Waals surface area contributed by atoms with Crippen LogP contribution in [-0.2, 0) is 32.7 Å². The van der Waals surface area contributed by atoms with Crippen LogP contribution in [-0.4, -0.2) is 70.0 Å². The molecule has 0 aliphatic carbocycles. The largest absolute Gasteiger partial charge is 0.756 e. The molecule has 0 N–H and O–H groups in total. The first-order valence-electron chi connectivity index (χ1n) is 21.7. The molecule has 0 spiro atoms. The van der Waals surface area contributed by atoms with Crippen LogP contribution in [0.4, 0.5) is 0 Å². The second-order valence-corrected chi connectivity index (χ2v) is 17.5. The van der Waals surface area contributed by atoms with E-state index in [1.54, 1.807) is 0 Å². The van der Waals surface area contributed by atoms with Gasteiger partial charge in [0.15, 0.2) is 6.10 Å². The average molecular weight is 762 g/mol. The standard InChI is InChI=1S/C42H84NO8P/c1-6-8-10-12-14-15-16-17-18-19-20-21-22-23-24-25-26-27-28-29-31-33-35-42(45)51-40(38-48-41(44)34-32-30-13-11-9-7-2)39-50-52(46,47)49-37-36-43(3,4)5/h40H,6-39H2,1-5H3. The predicted molar refractivity (Wildman–Crippen MR) is 213 cm³/mol. The van der Waals surface area contributed by atoms with Gasteiger partial charge in [-0.1, -0.05) is 181 Å².